The van der Waals surface area contributed by atoms with Gasteiger partial charge in [-0.15, -0.1) is 0 Å². The van der Waals surface area contributed by atoms with Gasteiger partial charge in [0.25, 0.3) is 0 Å². The van der Waals surface area contributed by atoms with Crippen LogP contribution in [0.2, 0.25) is 0 Å². The Labute approximate surface area is 199 Å². The summed E-state index contributed by atoms with van der Waals surface area (Å²) in [7, 11) is 0.155. The molecule has 1 aromatic heterocycles. The number of benzene rings is 2. The van der Waals surface area contributed by atoms with Gasteiger partial charge in [0.1, 0.15) is 11.6 Å². The number of hydrogen-bond donors (Lipinski definition) is 2. The molecule has 180 valence electrons. The van der Waals surface area contributed by atoms with E-state index in [2.05, 4.69) is 32.5 Å². The second-order valence-corrected chi connectivity index (χ2v) is 10.5. The third kappa shape index (κ3) is 5.88. The molecule has 0 amide bonds. The van der Waals surface area contributed by atoms with E-state index < -0.39 is 10.0 Å². The number of halogens is 1. The van der Waals surface area contributed by atoms with Crippen molar-refractivity contribution < 1.29 is 12.8 Å². The minimum absolute atomic E-state index is 0.00232. The van der Waals surface area contributed by atoms with Gasteiger partial charge in [-0.2, -0.15) is 9.29 Å². The van der Waals surface area contributed by atoms with Crippen molar-refractivity contribution in [2.24, 2.45) is 0 Å². The molecule has 0 saturated carbocycles. The molecule has 0 bridgehead atoms. The van der Waals surface area contributed by atoms with Crippen LogP contribution in [-0.2, 0) is 10.0 Å². The summed E-state index contributed by atoms with van der Waals surface area (Å²) in [6.45, 7) is 1.88. The van der Waals surface area contributed by atoms with Gasteiger partial charge >= 0.3 is 0 Å². The van der Waals surface area contributed by atoms with E-state index in [0.717, 1.165) is 32.4 Å². The Bertz CT molecular complexity index is 1200. The quantitative estimate of drug-likeness (QED) is 0.519. The van der Waals surface area contributed by atoms with Crippen molar-refractivity contribution in [3.05, 3.63) is 66.6 Å². The van der Waals surface area contributed by atoms with Crippen LogP contribution >= 0.6 is 0 Å². The van der Waals surface area contributed by atoms with Crippen molar-refractivity contribution >= 4 is 33.2 Å². The molecular weight excluding hydrogens is 455 g/mol. The van der Waals surface area contributed by atoms with Crippen LogP contribution in [0, 0.1) is 5.82 Å². The molecule has 2 heterocycles. The van der Waals surface area contributed by atoms with Crippen LogP contribution in [0.5, 0.6) is 0 Å². The van der Waals surface area contributed by atoms with E-state index in [9.17, 15) is 12.8 Å². The van der Waals surface area contributed by atoms with Gasteiger partial charge in [-0.1, -0.05) is 0 Å². The second-order valence-electron chi connectivity index (χ2n) is 8.46. The van der Waals surface area contributed by atoms with Gasteiger partial charge in [0.15, 0.2) is 0 Å². The van der Waals surface area contributed by atoms with Gasteiger partial charge in [0.05, 0.1) is 4.90 Å². The fourth-order valence-electron chi connectivity index (χ4n) is 3.96. The fraction of sp³-hybridized carbons (Fsp3) is 0.333. The van der Waals surface area contributed by atoms with Crippen molar-refractivity contribution in [3.8, 4) is 0 Å². The summed E-state index contributed by atoms with van der Waals surface area (Å²) in [5.74, 6) is 0.579. The number of anilines is 4. The zero-order chi connectivity index (χ0) is 24.1. The molecule has 0 spiro atoms. The van der Waals surface area contributed by atoms with E-state index in [1.165, 1.54) is 16.4 Å². The maximum Gasteiger partial charge on any atom is 0.243 e. The van der Waals surface area contributed by atoms with Crippen LogP contribution < -0.4 is 10.6 Å². The highest BCUT2D eigenvalue weighted by atomic mass is 32.2. The van der Waals surface area contributed by atoms with Crippen LogP contribution in [0.3, 0.4) is 0 Å². The van der Waals surface area contributed by atoms with Gasteiger partial charge in [-0.05, 0) is 94.0 Å². The monoisotopic (exact) mass is 484 g/mol. The van der Waals surface area contributed by atoms with Crippen LogP contribution in [0.15, 0.2) is 65.7 Å². The molecule has 10 heteroatoms. The standard InChI is InChI=1S/C24H29FN6O2S/c1-30-16-3-4-21(14-17-30)31(2)34(32,33)22-11-9-20(10-12-22)28-24-26-15-13-23(29-24)27-19-7-5-18(25)6-8-19/h5-13,15,21H,3-4,14,16-17H2,1-2H3,(H2,26,27,28,29). The molecule has 2 N–H and O–H groups in total. The van der Waals surface area contributed by atoms with Crippen LogP contribution in [-0.4, -0.2) is 60.8 Å². The normalized spacial score (nSPS) is 17.4. The first-order chi connectivity index (χ1) is 16.3. The van der Waals surface area contributed by atoms with E-state index in [4.69, 9.17) is 0 Å². The average Bonchev–Trinajstić information content (AvgIpc) is 3.05. The van der Waals surface area contributed by atoms with Crippen molar-refractivity contribution in [3.63, 3.8) is 0 Å². The highest BCUT2D eigenvalue weighted by molar-refractivity contribution is 7.89. The van der Waals surface area contributed by atoms with Gasteiger partial charge in [0.2, 0.25) is 16.0 Å². The maximum absolute atomic E-state index is 13.2. The predicted octanol–water partition coefficient (Wildman–Crippen LogP) is 4.21. The molecule has 1 aliphatic heterocycles. The number of aromatic nitrogens is 2. The summed E-state index contributed by atoms with van der Waals surface area (Å²) >= 11 is 0. The Balaban J connectivity index is 1.43. The summed E-state index contributed by atoms with van der Waals surface area (Å²) in [5.41, 5.74) is 1.36. The van der Waals surface area contributed by atoms with Gasteiger partial charge in [0, 0.05) is 30.7 Å². The van der Waals surface area contributed by atoms with Crippen molar-refractivity contribution in [2.45, 2.75) is 30.2 Å². The van der Waals surface area contributed by atoms with Gasteiger partial charge in [-0.3, -0.25) is 0 Å². The zero-order valence-electron chi connectivity index (χ0n) is 19.3. The van der Waals surface area contributed by atoms with Crippen molar-refractivity contribution in [1.82, 2.24) is 19.2 Å². The number of hydrogen-bond acceptors (Lipinski definition) is 7. The molecule has 1 fully saturated rings. The van der Waals surface area contributed by atoms with Crippen LogP contribution in [0.4, 0.5) is 27.5 Å². The Morgan fingerprint density at radius 2 is 1.65 bits per heavy atom. The first-order valence-electron chi connectivity index (χ1n) is 11.2. The third-order valence-corrected chi connectivity index (χ3v) is 7.92. The molecule has 34 heavy (non-hydrogen) atoms. The lowest BCUT2D eigenvalue weighted by molar-refractivity contribution is 0.316. The van der Waals surface area contributed by atoms with Gasteiger partial charge < -0.3 is 15.5 Å². The topological polar surface area (TPSA) is 90.5 Å². The van der Waals surface area contributed by atoms with E-state index >= 15 is 0 Å². The number of likely N-dealkylation sites (tertiary alicyclic amines) is 1. The lowest BCUT2D eigenvalue weighted by atomic mass is 10.1. The zero-order valence-corrected chi connectivity index (χ0v) is 20.1. The minimum Gasteiger partial charge on any atom is -0.340 e. The van der Waals surface area contributed by atoms with Crippen LogP contribution in [0.1, 0.15) is 19.3 Å². The fourth-order valence-corrected chi connectivity index (χ4v) is 5.37. The molecule has 1 aliphatic rings. The first kappa shape index (κ1) is 24.1. The van der Waals surface area contributed by atoms with E-state index in [-0.39, 0.29) is 16.8 Å². The van der Waals surface area contributed by atoms with Gasteiger partial charge in [-0.25, -0.2) is 17.8 Å². The maximum atomic E-state index is 13.2. The lowest BCUT2D eigenvalue weighted by Gasteiger charge is -2.26. The molecule has 1 atom stereocenters. The number of nitrogens with zero attached hydrogens (tertiary/aromatic N) is 4. The SMILES string of the molecule is CN1CCCC(N(C)S(=O)(=O)c2ccc(Nc3nccc(Nc4ccc(F)cc4)n3)cc2)CC1. The Morgan fingerprint density at radius 3 is 2.38 bits per heavy atom. The Kier molecular flexibility index (Phi) is 7.40. The summed E-state index contributed by atoms with van der Waals surface area (Å²) < 4.78 is 41.0. The molecule has 0 radical (unpaired) electrons. The Hall–Kier alpha value is -3.08. The highest BCUT2D eigenvalue weighted by Crippen LogP contribution is 2.25. The molecule has 4 rings (SSSR count). The first-order valence-corrected chi connectivity index (χ1v) is 12.6. The van der Waals surface area contributed by atoms with Crippen molar-refractivity contribution in [2.75, 3.05) is 37.8 Å². The minimum atomic E-state index is -3.59. The smallest absolute Gasteiger partial charge is 0.243 e. The molecular formula is C24H29FN6O2S. The number of rotatable bonds is 7. The van der Waals surface area contributed by atoms with E-state index in [0.29, 0.717) is 23.1 Å². The third-order valence-electron chi connectivity index (χ3n) is 6.00. The number of sulfonamides is 1. The molecule has 1 saturated heterocycles. The Morgan fingerprint density at radius 1 is 0.971 bits per heavy atom. The average molecular weight is 485 g/mol. The van der Waals surface area contributed by atoms with Crippen LogP contribution in [0.25, 0.3) is 0 Å². The van der Waals surface area contributed by atoms with Crippen molar-refractivity contribution in [1.29, 1.82) is 0 Å². The largest absolute Gasteiger partial charge is 0.340 e. The number of nitrogens with one attached hydrogen (secondary N) is 2. The molecule has 3 aromatic rings. The molecule has 1 unspecified atom stereocenters. The lowest BCUT2D eigenvalue weighted by Crippen LogP contribution is -2.37. The second kappa shape index (κ2) is 10.5. The van der Waals surface area contributed by atoms with E-state index in [1.54, 1.807) is 55.7 Å². The molecule has 8 nitrogen and oxygen atoms in total. The summed E-state index contributed by atoms with van der Waals surface area (Å²) in [4.78, 5) is 11.1. The molecule has 2 aromatic carbocycles. The predicted molar refractivity (Wildman–Crippen MR) is 132 cm³/mol. The summed E-state index contributed by atoms with van der Waals surface area (Å²) in [6, 6.07) is 14.3. The summed E-state index contributed by atoms with van der Waals surface area (Å²) in [6.07, 6.45) is 4.27. The summed E-state index contributed by atoms with van der Waals surface area (Å²) in [5, 5.41) is 6.18. The van der Waals surface area contributed by atoms with E-state index in [1.807, 2.05) is 0 Å². The highest BCUT2D eigenvalue weighted by Gasteiger charge is 2.29. The molecule has 0 aliphatic carbocycles.